The van der Waals surface area contributed by atoms with Gasteiger partial charge in [0.1, 0.15) is 6.10 Å². The third-order valence-electron chi connectivity index (χ3n) is 5.79. The molecule has 182 valence electrons. The molecular formula is C26H34IN5O2. The SMILES string of the molecule is CCNC(=NCc1cccc(NC(=O)C2CCCO2)c1)NCCc1c[nH]c2cc(C)ccc12.I. The third-order valence-corrected chi connectivity index (χ3v) is 5.79. The molecule has 0 bridgehead atoms. The van der Waals surface area contributed by atoms with Crippen molar-refractivity contribution in [2.45, 2.75) is 45.8 Å². The van der Waals surface area contributed by atoms with Crippen LogP contribution in [0.3, 0.4) is 0 Å². The number of aliphatic imine (C=N–C) groups is 1. The molecule has 7 nitrogen and oxygen atoms in total. The lowest BCUT2D eigenvalue weighted by Gasteiger charge is -2.12. The molecule has 1 fully saturated rings. The van der Waals surface area contributed by atoms with Crippen molar-refractivity contribution in [2.24, 2.45) is 4.99 Å². The van der Waals surface area contributed by atoms with Crippen molar-refractivity contribution in [3.05, 3.63) is 65.4 Å². The van der Waals surface area contributed by atoms with Crippen molar-refractivity contribution in [3.8, 4) is 0 Å². The fourth-order valence-electron chi connectivity index (χ4n) is 4.09. The first-order valence-corrected chi connectivity index (χ1v) is 11.7. The Kier molecular flexibility index (Phi) is 9.76. The number of carbonyl (C=O) groups is 1. The van der Waals surface area contributed by atoms with Gasteiger partial charge in [0.05, 0.1) is 6.54 Å². The molecule has 1 unspecified atom stereocenters. The van der Waals surface area contributed by atoms with Crippen LogP contribution in [0, 0.1) is 6.92 Å². The van der Waals surface area contributed by atoms with E-state index >= 15 is 0 Å². The second-order valence-electron chi connectivity index (χ2n) is 8.43. The van der Waals surface area contributed by atoms with Crippen LogP contribution in [0.15, 0.2) is 53.7 Å². The van der Waals surface area contributed by atoms with Crippen molar-refractivity contribution in [2.75, 3.05) is 25.0 Å². The van der Waals surface area contributed by atoms with Crippen molar-refractivity contribution < 1.29 is 9.53 Å². The summed E-state index contributed by atoms with van der Waals surface area (Å²) in [6, 6.07) is 14.3. The lowest BCUT2D eigenvalue weighted by molar-refractivity contribution is -0.124. The van der Waals surface area contributed by atoms with Crippen molar-refractivity contribution in [1.29, 1.82) is 0 Å². The number of aryl methyl sites for hydroxylation is 1. The number of fused-ring (bicyclic) bond motifs is 1. The van der Waals surface area contributed by atoms with Gasteiger partial charge in [0, 0.05) is 42.5 Å². The second-order valence-corrected chi connectivity index (χ2v) is 8.43. The number of carbonyl (C=O) groups excluding carboxylic acids is 1. The van der Waals surface area contributed by atoms with Gasteiger partial charge in [0.2, 0.25) is 0 Å². The molecule has 2 heterocycles. The Balaban J connectivity index is 0.00000324. The number of H-pyrrole nitrogens is 1. The molecule has 1 atom stereocenters. The molecule has 0 radical (unpaired) electrons. The molecule has 1 aliphatic rings. The van der Waals surface area contributed by atoms with Gasteiger partial charge in [-0.2, -0.15) is 0 Å². The van der Waals surface area contributed by atoms with Crippen molar-refractivity contribution in [1.82, 2.24) is 15.6 Å². The van der Waals surface area contributed by atoms with Crippen LogP contribution < -0.4 is 16.0 Å². The number of hydrogen-bond acceptors (Lipinski definition) is 3. The molecular weight excluding hydrogens is 541 g/mol. The number of benzene rings is 2. The van der Waals surface area contributed by atoms with E-state index in [9.17, 15) is 4.79 Å². The Morgan fingerprint density at radius 2 is 2.09 bits per heavy atom. The first kappa shape index (κ1) is 26.0. The summed E-state index contributed by atoms with van der Waals surface area (Å²) in [7, 11) is 0. The molecule has 1 aromatic heterocycles. The molecule has 8 heteroatoms. The number of aromatic nitrogens is 1. The number of hydrogen-bond donors (Lipinski definition) is 4. The zero-order valence-corrected chi connectivity index (χ0v) is 22.1. The van der Waals surface area contributed by atoms with Gasteiger partial charge in [-0.1, -0.05) is 24.3 Å². The summed E-state index contributed by atoms with van der Waals surface area (Å²) >= 11 is 0. The van der Waals surface area contributed by atoms with Gasteiger partial charge in [0.15, 0.2) is 5.96 Å². The minimum Gasteiger partial charge on any atom is -0.368 e. The number of nitrogens with one attached hydrogen (secondary N) is 4. The zero-order valence-electron chi connectivity index (χ0n) is 19.8. The normalized spacial score (nSPS) is 15.7. The third kappa shape index (κ3) is 6.96. The molecule has 1 aliphatic heterocycles. The van der Waals surface area contributed by atoms with Crippen molar-refractivity contribution >= 4 is 52.4 Å². The number of amides is 1. The summed E-state index contributed by atoms with van der Waals surface area (Å²) < 4.78 is 5.46. The van der Waals surface area contributed by atoms with Crippen LogP contribution in [0.4, 0.5) is 5.69 Å². The Morgan fingerprint density at radius 3 is 2.88 bits per heavy atom. The molecule has 34 heavy (non-hydrogen) atoms. The monoisotopic (exact) mass is 575 g/mol. The topological polar surface area (TPSA) is 90.5 Å². The highest BCUT2D eigenvalue weighted by Crippen LogP contribution is 2.20. The maximum absolute atomic E-state index is 12.3. The molecule has 0 spiro atoms. The van der Waals surface area contributed by atoms with E-state index in [-0.39, 0.29) is 36.0 Å². The summed E-state index contributed by atoms with van der Waals surface area (Å²) in [5.74, 6) is 0.706. The Bertz CT molecular complexity index is 1120. The van der Waals surface area contributed by atoms with Gasteiger partial charge in [-0.25, -0.2) is 4.99 Å². The maximum Gasteiger partial charge on any atom is 0.253 e. The number of aromatic amines is 1. The van der Waals surface area contributed by atoms with Crippen LogP contribution in [-0.2, 0) is 22.5 Å². The fraction of sp³-hybridized carbons (Fsp3) is 0.385. The highest BCUT2D eigenvalue weighted by Gasteiger charge is 2.23. The molecule has 4 rings (SSSR count). The van der Waals surface area contributed by atoms with Crippen LogP contribution in [0.1, 0.15) is 36.5 Å². The summed E-state index contributed by atoms with van der Waals surface area (Å²) in [6.45, 7) is 6.91. The molecule has 2 aromatic carbocycles. The Labute approximate surface area is 218 Å². The van der Waals surface area contributed by atoms with Gasteiger partial charge in [-0.15, -0.1) is 24.0 Å². The number of anilines is 1. The van der Waals surface area contributed by atoms with Gasteiger partial charge < -0.3 is 25.7 Å². The summed E-state index contributed by atoms with van der Waals surface area (Å²) in [5.41, 5.74) is 5.53. The van der Waals surface area contributed by atoms with Gasteiger partial charge in [-0.3, -0.25) is 4.79 Å². The van der Waals surface area contributed by atoms with E-state index in [1.54, 1.807) is 0 Å². The number of ether oxygens (including phenoxy) is 1. The molecule has 0 saturated carbocycles. The van der Waals surface area contributed by atoms with Crippen LogP contribution in [0.25, 0.3) is 10.9 Å². The molecule has 4 N–H and O–H groups in total. The number of guanidine groups is 1. The summed E-state index contributed by atoms with van der Waals surface area (Å²) in [5, 5.41) is 11.0. The van der Waals surface area contributed by atoms with Crippen molar-refractivity contribution in [3.63, 3.8) is 0 Å². The quantitative estimate of drug-likeness (QED) is 0.181. The van der Waals surface area contributed by atoms with E-state index in [0.29, 0.717) is 13.2 Å². The van der Waals surface area contributed by atoms with Crippen LogP contribution in [0.2, 0.25) is 0 Å². The first-order chi connectivity index (χ1) is 16.1. The minimum atomic E-state index is -0.336. The van der Waals surface area contributed by atoms with Crippen LogP contribution in [0.5, 0.6) is 0 Å². The molecule has 1 saturated heterocycles. The average Bonchev–Trinajstić information content (AvgIpc) is 3.48. The largest absolute Gasteiger partial charge is 0.368 e. The molecule has 1 amide bonds. The number of halogens is 1. The van der Waals surface area contributed by atoms with Crippen LogP contribution in [-0.4, -0.2) is 42.7 Å². The van der Waals surface area contributed by atoms with Gasteiger partial charge >= 0.3 is 0 Å². The van der Waals surface area contributed by atoms with Crippen LogP contribution >= 0.6 is 24.0 Å². The lowest BCUT2D eigenvalue weighted by Crippen LogP contribution is -2.38. The fourth-order valence-corrected chi connectivity index (χ4v) is 4.09. The van der Waals surface area contributed by atoms with Gasteiger partial charge in [-0.05, 0) is 68.0 Å². The zero-order chi connectivity index (χ0) is 23.0. The van der Waals surface area contributed by atoms with E-state index < -0.39 is 0 Å². The smallest absolute Gasteiger partial charge is 0.253 e. The average molecular weight is 575 g/mol. The van der Waals surface area contributed by atoms with Gasteiger partial charge in [0.25, 0.3) is 5.91 Å². The number of rotatable bonds is 8. The standard InChI is InChI=1S/C26H33N5O2.HI/c1-3-27-26(28-12-11-20-17-29-23-14-18(2)9-10-22(20)23)30-16-19-6-4-7-21(15-19)31-25(32)24-8-5-13-33-24;/h4,6-7,9-10,14-15,17,24,29H,3,5,8,11-13,16H2,1-2H3,(H,31,32)(H2,27,28,30);1H. The predicted octanol–water partition coefficient (Wildman–Crippen LogP) is 4.51. The second kappa shape index (κ2) is 12.8. The van der Waals surface area contributed by atoms with E-state index in [0.717, 1.165) is 49.6 Å². The molecule has 0 aliphatic carbocycles. The predicted molar refractivity (Wildman–Crippen MR) is 149 cm³/mol. The van der Waals surface area contributed by atoms with E-state index in [4.69, 9.17) is 9.73 Å². The maximum atomic E-state index is 12.3. The number of nitrogens with zero attached hydrogens (tertiary/aromatic N) is 1. The summed E-state index contributed by atoms with van der Waals surface area (Å²) in [6.07, 6.45) is 4.38. The molecule has 3 aromatic rings. The Morgan fingerprint density at radius 1 is 1.21 bits per heavy atom. The minimum absolute atomic E-state index is 0. The Hall–Kier alpha value is -2.59. The van der Waals surface area contributed by atoms with E-state index in [2.05, 4.69) is 59.2 Å². The van der Waals surface area contributed by atoms with E-state index in [1.165, 1.54) is 22.0 Å². The van der Waals surface area contributed by atoms with E-state index in [1.807, 2.05) is 24.3 Å². The summed E-state index contributed by atoms with van der Waals surface area (Å²) in [4.78, 5) is 20.4. The lowest BCUT2D eigenvalue weighted by atomic mass is 10.1. The highest BCUT2D eigenvalue weighted by molar-refractivity contribution is 14.0. The highest BCUT2D eigenvalue weighted by atomic mass is 127. The first-order valence-electron chi connectivity index (χ1n) is 11.7.